The Morgan fingerprint density at radius 3 is 2.53 bits per heavy atom. The Hall–Kier alpha value is -0.610. The molecule has 1 aliphatic carbocycles. The number of ether oxygens (including phenoxy) is 1. The van der Waals surface area contributed by atoms with E-state index in [1.807, 2.05) is 0 Å². The molecule has 1 aliphatic heterocycles. The molecule has 0 aromatic rings. The average molecular weight is 269 g/mol. The largest absolute Gasteiger partial charge is 0.481 e. The molecule has 0 aromatic carbocycles. The van der Waals surface area contributed by atoms with E-state index in [4.69, 9.17) is 9.84 Å². The van der Waals surface area contributed by atoms with Crippen LogP contribution in [0.1, 0.15) is 52.4 Å². The number of rotatable bonds is 4. The molecule has 110 valence electrons. The molecule has 2 N–H and O–H groups in total. The van der Waals surface area contributed by atoms with Gasteiger partial charge in [-0.15, -0.1) is 0 Å². The van der Waals surface area contributed by atoms with E-state index in [-0.39, 0.29) is 11.5 Å². The molecule has 19 heavy (non-hydrogen) atoms. The highest BCUT2D eigenvalue weighted by Crippen LogP contribution is 2.29. The molecule has 1 heterocycles. The van der Waals surface area contributed by atoms with Gasteiger partial charge >= 0.3 is 5.97 Å². The number of aliphatic carboxylic acids is 1. The summed E-state index contributed by atoms with van der Waals surface area (Å²) in [6.45, 7) is 6.18. The first kappa shape index (κ1) is 14.8. The van der Waals surface area contributed by atoms with Crippen LogP contribution in [-0.2, 0) is 9.53 Å². The van der Waals surface area contributed by atoms with Crippen LogP contribution in [0.5, 0.6) is 0 Å². The van der Waals surface area contributed by atoms with Crippen molar-refractivity contribution in [2.24, 2.45) is 11.8 Å². The zero-order valence-corrected chi connectivity index (χ0v) is 12.2. The van der Waals surface area contributed by atoms with Crippen molar-refractivity contribution in [2.75, 3.05) is 13.2 Å². The van der Waals surface area contributed by atoms with E-state index in [1.54, 1.807) is 0 Å². The van der Waals surface area contributed by atoms with Crippen LogP contribution in [-0.4, -0.2) is 35.9 Å². The van der Waals surface area contributed by atoms with E-state index in [9.17, 15) is 4.79 Å². The minimum absolute atomic E-state index is 0.00309. The normalized spacial score (nSPS) is 34.9. The first-order valence-corrected chi connectivity index (χ1v) is 7.56. The van der Waals surface area contributed by atoms with E-state index in [0.717, 1.165) is 51.7 Å². The Bertz CT molecular complexity index is 309. The summed E-state index contributed by atoms with van der Waals surface area (Å²) in [6, 6.07) is 0.556. The Morgan fingerprint density at radius 2 is 1.95 bits per heavy atom. The summed E-state index contributed by atoms with van der Waals surface area (Å²) in [5.74, 6) is -0.0580. The third-order valence-electron chi connectivity index (χ3n) is 4.59. The number of carboxylic acids is 1. The maximum absolute atomic E-state index is 10.9. The van der Waals surface area contributed by atoms with Crippen molar-refractivity contribution >= 4 is 5.97 Å². The number of nitrogens with one attached hydrogen (secondary N) is 1. The molecule has 0 amide bonds. The lowest BCUT2D eigenvalue weighted by Gasteiger charge is -2.37. The van der Waals surface area contributed by atoms with Crippen LogP contribution in [0.15, 0.2) is 0 Å². The van der Waals surface area contributed by atoms with Gasteiger partial charge in [-0.2, -0.15) is 0 Å². The van der Waals surface area contributed by atoms with E-state index in [2.05, 4.69) is 19.2 Å². The van der Waals surface area contributed by atoms with Crippen LogP contribution in [0.4, 0.5) is 0 Å². The van der Waals surface area contributed by atoms with Gasteiger partial charge in [0.15, 0.2) is 0 Å². The SMILES string of the molecule is CC1(C)CC(NCC2CCC(C(=O)O)CC2)CCO1. The summed E-state index contributed by atoms with van der Waals surface area (Å²) >= 11 is 0. The van der Waals surface area contributed by atoms with Crippen molar-refractivity contribution < 1.29 is 14.6 Å². The summed E-state index contributed by atoms with van der Waals surface area (Å²) in [5.41, 5.74) is -0.00309. The molecular formula is C15H27NO3. The van der Waals surface area contributed by atoms with Crippen molar-refractivity contribution in [3.05, 3.63) is 0 Å². The molecular weight excluding hydrogens is 242 g/mol. The fourth-order valence-electron chi connectivity index (χ4n) is 3.35. The van der Waals surface area contributed by atoms with Gasteiger partial charge in [-0.05, 0) is 64.8 Å². The molecule has 1 unspecified atom stereocenters. The minimum Gasteiger partial charge on any atom is -0.481 e. The number of hydrogen-bond donors (Lipinski definition) is 2. The zero-order chi connectivity index (χ0) is 13.9. The van der Waals surface area contributed by atoms with Crippen LogP contribution in [0, 0.1) is 11.8 Å². The minimum atomic E-state index is -0.613. The third-order valence-corrected chi connectivity index (χ3v) is 4.59. The molecule has 1 saturated carbocycles. The maximum atomic E-state index is 10.9. The van der Waals surface area contributed by atoms with Gasteiger partial charge in [0.2, 0.25) is 0 Å². The van der Waals surface area contributed by atoms with Crippen LogP contribution < -0.4 is 5.32 Å². The maximum Gasteiger partial charge on any atom is 0.306 e. The Morgan fingerprint density at radius 1 is 1.26 bits per heavy atom. The van der Waals surface area contributed by atoms with Gasteiger partial charge in [-0.25, -0.2) is 0 Å². The molecule has 0 bridgehead atoms. The van der Waals surface area contributed by atoms with Crippen LogP contribution in [0.3, 0.4) is 0 Å². The molecule has 0 aromatic heterocycles. The third kappa shape index (κ3) is 4.46. The molecule has 2 aliphatic rings. The zero-order valence-electron chi connectivity index (χ0n) is 12.2. The predicted molar refractivity (Wildman–Crippen MR) is 74.1 cm³/mol. The van der Waals surface area contributed by atoms with Crippen LogP contribution in [0.25, 0.3) is 0 Å². The number of hydrogen-bond acceptors (Lipinski definition) is 3. The lowest BCUT2D eigenvalue weighted by atomic mass is 9.82. The van der Waals surface area contributed by atoms with E-state index in [1.165, 1.54) is 0 Å². The van der Waals surface area contributed by atoms with Crippen LogP contribution >= 0.6 is 0 Å². The average Bonchev–Trinajstić information content (AvgIpc) is 2.36. The highest BCUT2D eigenvalue weighted by molar-refractivity contribution is 5.69. The fourth-order valence-corrected chi connectivity index (χ4v) is 3.35. The summed E-state index contributed by atoms with van der Waals surface area (Å²) < 4.78 is 5.72. The van der Waals surface area contributed by atoms with Crippen molar-refractivity contribution in [3.63, 3.8) is 0 Å². The first-order valence-electron chi connectivity index (χ1n) is 7.56. The van der Waals surface area contributed by atoms with Gasteiger partial charge < -0.3 is 15.2 Å². The van der Waals surface area contributed by atoms with Crippen molar-refractivity contribution in [1.82, 2.24) is 5.32 Å². The standard InChI is InChI=1S/C15H27NO3/c1-15(2)9-13(7-8-19-15)16-10-11-3-5-12(6-4-11)14(17)18/h11-13,16H,3-10H2,1-2H3,(H,17,18). The van der Waals surface area contributed by atoms with Crippen molar-refractivity contribution in [1.29, 1.82) is 0 Å². The summed E-state index contributed by atoms with van der Waals surface area (Å²) in [6.07, 6.45) is 5.96. The van der Waals surface area contributed by atoms with E-state index in [0.29, 0.717) is 12.0 Å². The molecule has 2 fully saturated rings. The Kier molecular flexibility index (Phi) is 4.85. The summed E-state index contributed by atoms with van der Waals surface area (Å²) in [5, 5.41) is 12.6. The van der Waals surface area contributed by atoms with Crippen LogP contribution in [0.2, 0.25) is 0 Å². The van der Waals surface area contributed by atoms with Crippen molar-refractivity contribution in [3.8, 4) is 0 Å². The molecule has 2 rings (SSSR count). The lowest BCUT2D eigenvalue weighted by Crippen LogP contribution is -2.45. The van der Waals surface area contributed by atoms with Gasteiger partial charge in [-0.3, -0.25) is 4.79 Å². The smallest absolute Gasteiger partial charge is 0.306 e. The second-order valence-electron chi connectivity index (χ2n) is 6.76. The van der Waals surface area contributed by atoms with E-state index < -0.39 is 5.97 Å². The Labute approximate surface area is 115 Å². The quantitative estimate of drug-likeness (QED) is 0.823. The lowest BCUT2D eigenvalue weighted by molar-refractivity contribution is -0.143. The fraction of sp³-hybridized carbons (Fsp3) is 0.933. The highest BCUT2D eigenvalue weighted by atomic mass is 16.5. The van der Waals surface area contributed by atoms with Gasteiger partial charge in [0.25, 0.3) is 0 Å². The van der Waals surface area contributed by atoms with Gasteiger partial charge in [0.05, 0.1) is 11.5 Å². The molecule has 1 atom stereocenters. The second kappa shape index (κ2) is 6.23. The molecule has 0 radical (unpaired) electrons. The van der Waals surface area contributed by atoms with Gasteiger partial charge in [0.1, 0.15) is 0 Å². The summed E-state index contributed by atoms with van der Waals surface area (Å²) in [4.78, 5) is 10.9. The highest BCUT2D eigenvalue weighted by Gasteiger charge is 2.30. The molecule has 1 saturated heterocycles. The summed E-state index contributed by atoms with van der Waals surface area (Å²) in [7, 11) is 0. The van der Waals surface area contributed by atoms with Gasteiger partial charge in [-0.1, -0.05) is 0 Å². The topological polar surface area (TPSA) is 58.6 Å². The first-order chi connectivity index (χ1) is 8.96. The number of carbonyl (C=O) groups is 1. The molecule has 4 nitrogen and oxygen atoms in total. The number of carboxylic acid groups (broad SMARTS) is 1. The van der Waals surface area contributed by atoms with Gasteiger partial charge in [0, 0.05) is 12.6 Å². The second-order valence-corrected chi connectivity index (χ2v) is 6.76. The monoisotopic (exact) mass is 269 g/mol. The van der Waals surface area contributed by atoms with E-state index >= 15 is 0 Å². The predicted octanol–water partition coefficient (Wildman–Crippen LogP) is 2.42. The molecule has 4 heteroatoms. The van der Waals surface area contributed by atoms with Crippen molar-refractivity contribution in [2.45, 2.75) is 64.0 Å². The molecule has 0 spiro atoms. The Balaban J connectivity index is 1.68.